The molecular weight excluding hydrogens is 322 g/mol. The first kappa shape index (κ1) is 15.4. The molecule has 1 aromatic heterocycles. The first-order valence-electron chi connectivity index (χ1n) is 7.10. The molecule has 120 valence electrons. The Morgan fingerprint density at radius 3 is 2.74 bits per heavy atom. The number of hydrogen-bond donors (Lipinski definition) is 1. The van der Waals surface area contributed by atoms with E-state index < -0.39 is 12.0 Å². The summed E-state index contributed by atoms with van der Waals surface area (Å²) in [5.41, 5.74) is 0.734. The summed E-state index contributed by atoms with van der Waals surface area (Å²) in [6, 6.07) is 6.18. The second-order valence-corrected chi connectivity index (χ2v) is 5.67. The molecule has 1 aliphatic heterocycles. The van der Waals surface area contributed by atoms with E-state index >= 15 is 0 Å². The van der Waals surface area contributed by atoms with Crippen LogP contribution in [-0.2, 0) is 16.1 Å². The second-order valence-electron chi connectivity index (χ2n) is 5.23. The summed E-state index contributed by atoms with van der Waals surface area (Å²) in [5.74, 6) is -0.926. The molecule has 1 aliphatic rings. The number of amides is 1. The maximum Gasteiger partial charge on any atom is 0.326 e. The van der Waals surface area contributed by atoms with Gasteiger partial charge in [-0.2, -0.15) is 4.80 Å². The molecule has 0 unspecified atom stereocenters. The number of rotatable bonds is 4. The molecule has 1 saturated heterocycles. The zero-order valence-electron chi connectivity index (χ0n) is 12.1. The Kier molecular flexibility index (Phi) is 4.24. The molecule has 1 amide bonds. The number of aromatic nitrogens is 4. The van der Waals surface area contributed by atoms with Gasteiger partial charge in [-0.1, -0.05) is 11.6 Å². The minimum Gasteiger partial charge on any atom is -0.480 e. The SMILES string of the molecule is O=C(O)[C@H]1CCCN1C(=O)Cn1nnc(-c2ccc(Cl)cc2)n1. The Morgan fingerprint density at radius 2 is 2.04 bits per heavy atom. The maximum absolute atomic E-state index is 12.2. The lowest BCUT2D eigenvalue weighted by atomic mass is 10.2. The lowest BCUT2D eigenvalue weighted by Crippen LogP contribution is -2.42. The number of nitrogens with zero attached hydrogens (tertiary/aromatic N) is 5. The Morgan fingerprint density at radius 1 is 1.30 bits per heavy atom. The average Bonchev–Trinajstić information content (AvgIpc) is 3.16. The van der Waals surface area contributed by atoms with E-state index in [2.05, 4.69) is 15.4 Å². The van der Waals surface area contributed by atoms with Gasteiger partial charge in [0.05, 0.1) is 0 Å². The van der Waals surface area contributed by atoms with Crippen LogP contribution in [0.3, 0.4) is 0 Å². The van der Waals surface area contributed by atoms with E-state index in [0.717, 1.165) is 5.56 Å². The van der Waals surface area contributed by atoms with Gasteiger partial charge < -0.3 is 10.0 Å². The highest BCUT2D eigenvalue weighted by molar-refractivity contribution is 6.30. The standard InChI is InChI=1S/C14H14ClN5O3/c15-10-5-3-9(4-6-10)13-16-18-20(17-13)8-12(21)19-7-1-2-11(19)14(22)23/h3-6,11H,1-2,7-8H2,(H,22,23)/t11-/m1/s1. The molecule has 1 N–H and O–H groups in total. The highest BCUT2D eigenvalue weighted by Crippen LogP contribution is 2.19. The van der Waals surface area contributed by atoms with Gasteiger partial charge in [0, 0.05) is 17.1 Å². The number of carbonyl (C=O) groups excluding carboxylic acids is 1. The number of benzene rings is 1. The van der Waals surface area contributed by atoms with Crippen LogP contribution >= 0.6 is 11.6 Å². The molecule has 0 bridgehead atoms. The summed E-state index contributed by atoms with van der Waals surface area (Å²) in [6.07, 6.45) is 1.16. The molecule has 0 saturated carbocycles. The highest BCUT2D eigenvalue weighted by atomic mass is 35.5. The summed E-state index contributed by atoms with van der Waals surface area (Å²) in [4.78, 5) is 25.9. The first-order chi connectivity index (χ1) is 11.0. The molecule has 0 aliphatic carbocycles. The zero-order valence-corrected chi connectivity index (χ0v) is 12.8. The summed E-state index contributed by atoms with van der Waals surface area (Å²) in [5, 5.41) is 21.6. The van der Waals surface area contributed by atoms with Gasteiger partial charge in [0.15, 0.2) is 0 Å². The third kappa shape index (κ3) is 3.31. The van der Waals surface area contributed by atoms with Crippen molar-refractivity contribution in [1.82, 2.24) is 25.1 Å². The van der Waals surface area contributed by atoms with Crippen molar-refractivity contribution in [3.8, 4) is 11.4 Å². The first-order valence-corrected chi connectivity index (χ1v) is 7.48. The van der Waals surface area contributed by atoms with Crippen LogP contribution in [0.1, 0.15) is 12.8 Å². The molecule has 9 heteroatoms. The second kappa shape index (κ2) is 6.33. The van der Waals surface area contributed by atoms with Gasteiger partial charge in [-0.3, -0.25) is 4.79 Å². The van der Waals surface area contributed by atoms with Crippen LogP contribution in [0.2, 0.25) is 5.02 Å². The average molecular weight is 336 g/mol. The van der Waals surface area contributed by atoms with Crippen LogP contribution in [0, 0.1) is 0 Å². The summed E-state index contributed by atoms with van der Waals surface area (Å²) >= 11 is 5.83. The molecule has 1 atom stereocenters. The predicted octanol–water partition coefficient (Wildman–Crippen LogP) is 1.07. The van der Waals surface area contributed by atoms with Crippen molar-refractivity contribution in [3.05, 3.63) is 29.3 Å². The van der Waals surface area contributed by atoms with Gasteiger partial charge in [0.2, 0.25) is 11.7 Å². The van der Waals surface area contributed by atoms with E-state index in [9.17, 15) is 9.59 Å². The van der Waals surface area contributed by atoms with Crippen molar-refractivity contribution in [1.29, 1.82) is 0 Å². The van der Waals surface area contributed by atoms with Crippen LogP contribution in [-0.4, -0.2) is 54.7 Å². The summed E-state index contributed by atoms with van der Waals surface area (Å²) < 4.78 is 0. The minimum absolute atomic E-state index is 0.135. The maximum atomic E-state index is 12.2. The van der Waals surface area contributed by atoms with Gasteiger partial charge in [-0.15, -0.1) is 10.2 Å². The predicted molar refractivity (Wildman–Crippen MR) is 80.6 cm³/mol. The van der Waals surface area contributed by atoms with Crippen molar-refractivity contribution in [3.63, 3.8) is 0 Å². The minimum atomic E-state index is -0.982. The number of likely N-dealkylation sites (tertiary alicyclic amines) is 1. The lowest BCUT2D eigenvalue weighted by molar-refractivity contribution is -0.148. The number of carbonyl (C=O) groups is 2. The van der Waals surface area contributed by atoms with Crippen molar-refractivity contribution >= 4 is 23.5 Å². The smallest absolute Gasteiger partial charge is 0.326 e. The quantitative estimate of drug-likeness (QED) is 0.896. The largest absolute Gasteiger partial charge is 0.480 e. The van der Waals surface area contributed by atoms with E-state index in [-0.39, 0.29) is 12.5 Å². The summed E-state index contributed by atoms with van der Waals surface area (Å²) in [7, 11) is 0. The topological polar surface area (TPSA) is 101 Å². The van der Waals surface area contributed by atoms with Crippen molar-refractivity contribution < 1.29 is 14.7 Å². The lowest BCUT2D eigenvalue weighted by Gasteiger charge is -2.20. The Bertz CT molecular complexity index is 730. The van der Waals surface area contributed by atoms with Gasteiger partial charge in [0.25, 0.3) is 0 Å². The van der Waals surface area contributed by atoms with Gasteiger partial charge in [-0.25, -0.2) is 4.79 Å². The van der Waals surface area contributed by atoms with Crippen molar-refractivity contribution in [2.45, 2.75) is 25.4 Å². The summed E-state index contributed by atoms with van der Waals surface area (Å²) in [6.45, 7) is 0.304. The van der Waals surface area contributed by atoms with Crippen molar-refractivity contribution in [2.75, 3.05) is 6.54 Å². The highest BCUT2D eigenvalue weighted by Gasteiger charge is 2.34. The Balaban J connectivity index is 1.70. The number of tetrazole rings is 1. The number of carboxylic acids is 1. The molecule has 23 heavy (non-hydrogen) atoms. The van der Waals surface area contributed by atoms with Gasteiger partial charge >= 0.3 is 5.97 Å². The van der Waals surface area contributed by atoms with Crippen LogP contribution in [0.25, 0.3) is 11.4 Å². The Hall–Kier alpha value is -2.48. The fourth-order valence-corrected chi connectivity index (χ4v) is 2.68. The van der Waals surface area contributed by atoms with Crippen LogP contribution in [0.5, 0.6) is 0 Å². The monoisotopic (exact) mass is 335 g/mol. The molecule has 8 nitrogen and oxygen atoms in total. The Labute approximate surface area is 136 Å². The number of halogens is 1. The van der Waals surface area contributed by atoms with Crippen LogP contribution in [0.4, 0.5) is 0 Å². The van der Waals surface area contributed by atoms with Crippen molar-refractivity contribution in [2.24, 2.45) is 0 Å². The third-order valence-corrected chi connectivity index (χ3v) is 3.94. The number of aliphatic carboxylic acids is 1. The number of hydrogen-bond acceptors (Lipinski definition) is 5. The fraction of sp³-hybridized carbons (Fsp3) is 0.357. The van der Waals surface area contributed by atoms with E-state index in [0.29, 0.717) is 30.2 Å². The van der Waals surface area contributed by atoms with E-state index in [4.69, 9.17) is 16.7 Å². The molecule has 0 spiro atoms. The molecule has 1 fully saturated rings. The zero-order chi connectivity index (χ0) is 16.4. The number of carboxylic acid groups (broad SMARTS) is 1. The van der Waals surface area contributed by atoms with Crippen LogP contribution in [0.15, 0.2) is 24.3 Å². The third-order valence-electron chi connectivity index (χ3n) is 3.69. The molecule has 1 aromatic carbocycles. The fourth-order valence-electron chi connectivity index (χ4n) is 2.56. The molecular formula is C14H14ClN5O3. The van der Waals surface area contributed by atoms with E-state index in [1.54, 1.807) is 24.3 Å². The molecule has 3 rings (SSSR count). The normalized spacial score (nSPS) is 17.4. The molecule has 2 aromatic rings. The van der Waals surface area contributed by atoms with Gasteiger partial charge in [0.1, 0.15) is 12.6 Å². The molecule has 0 radical (unpaired) electrons. The van der Waals surface area contributed by atoms with E-state index in [1.807, 2.05) is 0 Å². The van der Waals surface area contributed by atoms with Gasteiger partial charge in [-0.05, 0) is 42.3 Å². The van der Waals surface area contributed by atoms with E-state index in [1.165, 1.54) is 9.70 Å². The van der Waals surface area contributed by atoms with Crippen LogP contribution < -0.4 is 0 Å². The molecule has 2 heterocycles.